The summed E-state index contributed by atoms with van der Waals surface area (Å²) in [7, 11) is 4.10. The smallest absolute Gasteiger partial charge is 0.329 e. The molecule has 1 aliphatic rings. The minimum Gasteiger partial charge on any atom is -0.329 e. The van der Waals surface area contributed by atoms with Gasteiger partial charge in [0.15, 0.2) is 0 Å². The molecule has 206 valence electrons. The second-order valence-electron chi connectivity index (χ2n) is 10.5. The van der Waals surface area contributed by atoms with Crippen molar-refractivity contribution >= 4 is 6.03 Å². The standard InChI is InChI=1S/C28H26F3N7O2/c1-18-25(24-11-13-33-37(24)22-9-7-19(16-32)8-10-22)36(26(39)34-21-12-14-38(2,3)17-21)27(40)35(18)23-6-4-5-20(15-23)28(29,30)31/h4-11,13,15,21H,12,14,17H2,1-3H3/p+1. The summed E-state index contributed by atoms with van der Waals surface area (Å²) < 4.78 is 44.8. The molecule has 2 aromatic heterocycles. The highest BCUT2D eigenvalue weighted by Gasteiger charge is 2.35. The lowest BCUT2D eigenvalue weighted by Gasteiger charge is -2.23. The van der Waals surface area contributed by atoms with Gasteiger partial charge < -0.3 is 9.80 Å². The van der Waals surface area contributed by atoms with Crippen LogP contribution >= 0.6 is 0 Å². The summed E-state index contributed by atoms with van der Waals surface area (Å²) in [6.45, 7) is 3.10. The Hall–Kier alpha value is -4.63. The first-order chi connectivity index (χ1) is 18.9. The summed E-state index contributed by atoms with van der Waals surface area (Å²) in [5.41, 5.74) is 0.104. The molecule has 12 heteroatoms. The van der Waals surface area contributed by atoms with Crippen LogP contribution in [0.25, 0.3) is 22.8 Å². The van der Waals surface area contributed by atoms with Gasteiger partial charge in [0.05, 0.1) is 79.4 Å². The molecular weight excluding hydrogens is 523 g/mol. The predicted molar refractivity (Wildman–Crippen MR) is 141 cm³/mol. The Kier molecular flexibility index (Phi) is 6.63. The van der Waals surface area contributed by atoms with Crippen molar-refractivity contribution in [2.75, 3.05) is 27.2 Å². The van der Waals surface area contributed by atoms with E-state index in [1.165, 1.54) is 23.0 Å². The number of imidazole rings is 1. The van der Waals surface area contributed by atoms with E-state index in [0.717, 1.165) is 34.2 Å². The van der Waals surface area contributed by atoms with Gasteiger partial charge in [0.2, 0.25) is 0 Å². The number of nitrogens with zero attached hydrogens (tertiary/aromatic N) is 6. The number of hydrogen-bond acceptors (Lipinski definition) is 4. The summed E-state index contributed by atoms with van der Waals surface area (Å²) in [6.07, 6.45) is -2.39. The zero-order valence-corrected chi connectivity index (χ0v) is 22.1. The minimum atomic E-state index is -4.61. The van der Waals surface area contributed by atoms with E-state index < -0.39 is 23.5 Å². The average molecular weight is 551 g/mol. The summed E-state index contributed by atoms with van der Waals surface area (Å²) in [5, 5.41) is 16.5. The molecule has 1 saturated heterocycles. The fourth-order valence-electron chi connectivity index (χ4n) is 5.23. The minimum absolute atomic E-state index is 0.0202. The number of carbonyl (C=O) groups excluding carboxylic acids is 1. The number of rotatable bonds is 4. The maximum Gasteiger partial charge on any atom is 0.416 e. The first-order valence-electron chi connectivity index (χ1n) is 12.6. The first-order valence-corrected chi connectivity index (χ1v) is 12.6. The molecule has 4 aromatic rings. The van der Waals surface area contributed by atoms with Crippen molar-refractivity contribution in [1.82, 2.24) is 24.2 Å². The number of aromatic nitrogens is 4. The molecule has 0 aliphatic carbocycles. The molecule has 40 heavy (non-hydrogen) atoms. The zero-order chi connectivity index (χ0) is 28.8. The van der Waals surface area contributed by atoms with E-state index in [0.29, 0.717) is 28.0 Å². The van der Waals surface area contributed by atoms with E-state index in [-0.39, 0.29) is 23.1 Å². The number of nitriles is 1. The summed E-state index contributed by atoms with van der Waals surface area (Å²) in [4.78, 5) is 27.5. The SMILES string of the molecule is Cc1c(-c2ccnn2-c2ccc(C#N)cc2)n(C(=O)NC2CC[N+](C)(C)C2)c(=O)n1-c1cccc(C(F)(F)F)c1. The van der Waals surface area contributed by atoms with Crippen LogP contribution in [0.4, 0.5) is 18.0 Å². The Morgan fingerprint density at radius 1 is 1.12 bits per heavy atom. The molecule has 1 atom stereocenters. The molecule has 0 bridgehead atoms. The highest BCUT2D eigenvalue weighted by Crippen LogP contribution is 2.32. The fraction of sp³-hybridized carbons (Fsp3) is 0.286. The molecule has 1 aliphatic heterocycles. The van der Waals surface area contributed by atoms with E-state index in [4.69, 9.17) is 5.26 Å². The van der Waals surface area contributed by atoms with Gasteiger partial charge in [0, 0.05) is 6.42 Å². The number of likely N-dealkylation sites (tertiary alicyclic amines) is 1. The Morgan fingerprint density at radius 2 is 1.85 bits per heavy atom. The van der Waals surface area contributed by atoms with E-state index in [2.05, 4.69) is 16.5 Å². The van der Waals surface area contributed by atoms with Crippen molar-refractivity contribution in [1.29, 1.82) is 5.26 Å². The molecule has 2 aromatic carbocycles. The normalized spacial score (nSPS) is 16.6. The number of carbonyl (C=O) groups is 1. The number of alkyl halides is 3. The van der Waals surface area contributed by atoms with Gasteiger partial charge in [-0.2, -0.15) is 23.5 Å². The lowest BCUT2D eigenvalue weighted by molar-refractivity contribution is -0.878. The van der Waals surface area contributed by atoms with Crippen LogP contribution in [0.15, 0.2) is 65.6 Å². The van der Waals surface area contributed by atoms with Gasteiger partial charge in [-0.25, -0.2) is 18.8 Å². The summed E-state index contributed by atoms with van der Waals surface area (Å²) in [5.74, 6) is 0. The highest BCUT2D eigenvalue weighted by atomic mass is 19.4. The Morgan fingerprint density at radius 3 is 2.48 bits per heavy atom. The lowest BCUT2D eigenvalue weighted by Crippen LogP contribution is -2.46. The molecule has 1 amide bonds. The number of quaternary nitrogens is 1. The molecule has 9 nitrogen and oxygen atoms in total. The Balaban J connectivity index is 1.69. The number of likely N-dealkylation sites (N-methyl/N-ethyl adjacent to an activating group) is 1. The first kappa shape index (κ1) is 27.0. The van der Waals surface area contributed by atoms with Crippen molar-refractivity contribution < 1.29 is 22.4 Å². The quantitative estimate of drug-likeness (QED) is 0.387. The fourth-order valence-corrected chi connectivity index (χ4v) is 5.23. The van der Waals surface area contributed by atoms with Crippen LogP contribution in [-0.2, 0) is 6.18 Å². The van der Waals surface area contributed by atoms with Gasteiger partial charge in [0.1, 0.15) is 5.69 Å². The molecule has 1 unspecified atom stereocenters. The molecule has 3 heterocycles. The van der Waals surface area contributed by atoms with Gasteiger partial charge in [-0.15, -0.1) is 0 Å². The maximum absolute atomic E-state index is 13.9. The Labute approximate surface area is 227 Å². The monoisotopic (exact) mass is 550 g/mol. The third-order valence-electron chi connectivity index (χ3n) is 7.17. The van der Waals surface area contributed by atoms with Crippen LogP contribution < -0.4 is 11.0 Å². The molecule has 1 fully saturated rings. The topological polar surface area (TPSA) is 97.6 Å². The maximum atomic E-state index is 13.9. The average Bonchev–Trinajstić information content (AvgIpc) is 3.58. The number of amides is 1. The molecule has 1 N–H and O–H groups in total. The van der Waals surface area contributed by atoms with Crippen molar-refractivity contribution in [2.45, 2.75) is 25.6 Å². The van der Waals surface area contributed by atoms with Crippen molar-refractivity contribution in [3.63, 3.8) is 0 Å². The van der Waals surface area contributed by atoms with E-state index in [1.54, 1.807) is 37.3 Å². The molecular formula is C28H27F3N7O2+. The largest absolute Gasteiger partial charge is 0.416 e. The van der Waals surface area contributed by atoms with Gasteiger partial charge >= 0.3 is 17.9 Å². The molecule has 0 saturated carbocycles. The number of hydrogen-bond donors (Lipinski definition) is 1. The number of nitrogens with one attached hydrogen (secondary N) is 1. The third-order valence-corrected chi connectivity index (χ3v) is 7.17. The predicted octanol–water partition coefficient (Wildman–Crippen LogP) is 4.10. The zero-order valence-electron chi connectivity index (χ0n) is 22.1. The van der Waals surface area contributed by atoms with E-state index in [1.807, 2.05) is 14.1 Å². The summed E-state index contributed by atoms with van der Waals surface area (Å²) >= 11 is 0. The molecule has 0 radical (unpaired) electrons. The van der Waals surface area contributed by atoms with E-state index >= 15 is 0 Å². The van der Waals surface area contributed by atoms with Crippen LogP contribution in [0, 0.1) is 18.3 Å². The molecule has 0 spiro atoms. The van der Waals surface area contributed by atoms with Crippen LogP contribution in [-0.4, -0.2) is 62.7 Å². The highest BCUT2D eigenvalue weighted by molar-refractivity contribution is 5.83. The van der Waals surface area contributed by atoms with Crippen molar-refractivity contribution in [2.24, 2.45) is 0 Å². The van der Waals surface area contributed by atoms with Gasteiger partial charge in [-0.05, 0) is 55.5 Å². The number of halogens is 3. The second-order valence-corrected chi connectivity index (χ2v) is 10.5. The van der Waals surface area contributed by atoms with Crippen molar-refractivity contribution in [3.05, 3.63) is 88.1 Å². The van der Waals surface area contributed by atoms with Crippen LogP contribution in [0.1, 0.15) is 23.2 Å². The Bertz CT molecular complexity index is 1690. The third kappa shape index (κ3) is 4.91. The van der Waals surface area contributed by atoms with Crippen LogP contribution in [0.5, 0.6) is 0 Å². The molecule has 5 rings (SSSR count). The lowest BCUT2D eigenvalue weighted by atomic mass is 10.2. The van der Waals surface area contributed by atoms with Crippen molar-refractivity contribution in [3.8, 4) is 28.8 Å². The van der Waals surface area contributed by atoms with Crippen LogP contribution in [0.3, 0.4) is 0 Å². The van der Waals surface area contributed by atoms with Gasteiger partial charge in [-0.1, -0.05) is 6.07 Å². The van der Waals surface area contributed by atoms with E-state index in [9.17, 15) is 22.8 Å². The van der Waals surface area contributed by atoms with Gasteiger partial charge in [-0.3, -0.25) is 4.57 Å². The second kappa shape index (κ2) is 9.84. The summed E-state index contributed by atoms with van der Waals surface area (Å²) in [6, 6.07) is 13.8. The van der Waals surface area contributed by atoms with Crippen LogP contribution in [0.2, 0.25) is 0 Å². The number of benzene rings is 2. The van der Waals surface area contributed by atoms with Gasteiger partial charge in [0.25, 0.3) is 0 Å².